The van der Waals surface area contributed by atoms with Crippen molar-refractivity contribution in [2.24, 2.45) is 10.5 Å². The molecule has 0 saturated carbocycles. The van der Waals surface area contributed by atoms with Crippen molar-refractivity contribution < 1.29 is 23.1 Å². The summed E-state index contributed by atoms with van der Waals surface area (Å²) in [7, 11) is 0. The second kappa shape index (κ2) is 5.08. The molecule has 0 radical (unpaired) electrons. The van der Waals surface area contributed by atoms with Crippen molar-refractivity contribution in [3.63, 3.8) is 0 Å². The number of amides is 1. The summed E-state index contributed by atoms with van der Waals surface area (Å²) in [6.45, 7) is 5.04. The van der Waals surface area contributed by atoms with E-state index in [0.29, 0.717) is 0 Å². The number of carbonyl (C=O) groups excluding carboxylic acids is 1. The van der Waals surface area contributed by atoms with Crippen LogP contribution in [0, 0.1) is 5.41 Å². The Morgan fingerprint density at radius 2 is 1.77 bits per heavy atom. The van der Waals surface area contributed by atoms with Crippen molar-refractivity contribution in [2.45, 2.75) is 39.1 Å². The summed E-state index contributed by atoms with van der Waals surface area (Å²) in [6.07, 6.45) is -5.76. The topological polar surface area (TPSA) is 52.9 Å². The molecule has 1 aromatic rings. The molecule has 1 aliphatic rings. The molecule has 0 bridgehead atoms. The number of hydrazone groups is 1. The summed E-state index contributed by atoms with van der Waals surface area (Å²) >= 11 is 0. The van der Waals surface area contributed by atoms with Crippen LogP contribution in [0.5, 0.6) is 0 Å². The standard InChI is InChI=1S/C15H17F3N2O2/c1-13(2,3)11-9-14(22,15(16,17)18)20(19-11)12(21)10-7-5-4-6-8-10/h4-8,22H,9H2,1-3H3. The summed E-state index contributed by atoms with van der Waals surface area (Å²) in [5, 5.41) is 14.1. The van der Waals surface area contributed by atoms with Crippen LogP contribution in [0.2, 0.25) is 0 Å². The number of hydrogen-bond donors (Lipinski definition) is 1. The molecule has 0 aromatic heterocycles. The van der Waals surface area contributed by atoms with E-state index in [2.05, 4.69) is 5.10 Å². The molecule has 1 unspecified atom stereocenters. The van der Waals surface area contributed by atoms with Crippen LogP contribution in [0.4, 0.5) is 13.2 Å². The predicted octanol–water partition coefficient (Wildman–Crippen LogP) is 3.19. The number of benzene rings is 1. The maximum absolute atomic E-state index is 13.3. The largest absolute Gasteiger partial charge is 0.438 e. The normalized spacial score (nSPS) is 22.7. The second-order valence-electron chi connectivity index (χ2n) is 6.27. The van der Waals surface area contributed by atoms with E-state index < -0.39 is 29.6 Å². The van der Waals surface area contributed by atoms with Crippen molar-refractivity contribution in [1.29, 1.82) is 0 Å². The molecule has 1 aromatic carbocycles. The van der Waals surface area contributed by atoms with Gasteiger partial charge in [0.05, 0.1) is 0 Å². The quantitative estimate of drug-likeness (QED) is 0.865. The minimum atomic E-state index is -5.01. The first-order valence-electron chi connectivity index (χ1n) is 6.73. The van der Waals surface area contributed by atoms with Gasteiger partial charge in [-0.05, 0) is 12.1 Å². The molecule has 1 aliphatic heterocycles. The Balaban J connectivity index is 2.48. The SMILES string of the molecule is CC(C)(C)C1=NN(C(=O)c2ccccc2)C(O)(C(F)(F)F)C1. The lowest BCUT2D eigenvalue weighted by Crippen LogP contribution is -2.56. The third kappa shape index (κ3) is 2.72. The zero-order chi connectivity index (χ0) is 16.8. The highest BCUT2D eigenvalue weighted by Crippen LogP contribution is 2.43. The Morgan fingerprint density at radius 3 is 2.23 bits per heavy atom. The number of halogens is 3. The Morgan fingerprint density at radius 1 is 1.23 bits per heavy atom. The highest BCUT2D eigenvalue weighted by molar-refractivity contribution is 5.99. The van der Waals surface area contributed by atoms with Crippen LogP contribution in [0.3, 0.4) is 0 Å². The number of aliphatic hydroxyl groups is 1. The van der Waals surface area contributed by atoms with Gasteiger partial charge in [-0.25, -0.2) is 0 Å². The highest BCUT2D eigenvalue weighted by Gasteiger charge is 2.64. The molecule has 0 fully saturated rings. The fourth-order valence-corrected chi connectivity index (χ4v) is 2.10. The molecule has 1 amide bonds. The molecule has 1 atom stereocenters. The van der Waals surface area contributed by atoms with Gasteiger partial charge < -0.3 is 5.11 Å². The predicted molar refractivity (Wildman–Crippen MR) is 75.1 cm³/mol. The Kier molecular flexibility index (Phi) is 3.81. The van der Waals surface area contributed by atoms with Gasteiger partial charge in [-0.1, -0.05) is 39.0 Å². The van der Waals surface area contributed by atoms with Gasteiger partial charge >= 0.3 is 6.18 Å². The van der Waals surface area contributed by atoms with Crippen molar-refractivity contribution in [2.75, 3.05) is 0 Å². The van der Waals surface area contributed by atoms with Gasteiger partial charge in [0.15, 0.2) is 0 Å². The van der Waals surface area contributed by atoms with Gasteiger partial charge in [0.2, 0.25) is 0 Å². The zero-order valence-corrected chi connectivity index (χ0v) is 12.5. The van der Waals surface area contributed by atoms with Crippen molar-refractivity contribution in [3.05, 3.63) is 35.9 Å². The van der Waals surface area contributed by atoms with Crippen LogP contribution < -0.4 is 0 Å². The van der Waals surface area contributed by atoms with Crippen LogP contribution in [-0.4, -0.2) is 33.6 Å². The van der Waals surface area contributed by atoms with E-state index in [1.807, 2.05) is 0 Å². The van der Waals surface area contributed by atoms with Gasteiger partial charge in [-0.3, -0.25) is 4.79 Å². The Hall–Kier alpha value is -1.89. The molecule has 1 heterocycles. The van der Waals surface area contributed by atoms with Crippen molar-refractivity contribution in [3.8, 4) is 0 Å². The maximum Gasteiger partial charge on any atom is 0.438 e. The van der Waals surface area contributed by atoms with Crippen LogP contribution in [0.15, 0.2) is 35.4 Å². The van der Waals surface area contributed by atoms with Gasteiger partial charge in [0.25, 0.3) is 11.6 Å². The first-order valence-corrected chi connectivity index (χ1v) is 6.73. The van der Waals surface area contributed by atoms with Crippen LogP contribution >= 0.6 is 0 Å². The van der Waals surface area contributed by atoms with Crippen molar-refractivity contribution in [1.82, 2.24) is 5.01 Å². The van der Waals surface area contributed by atoms with Crippen LogP contribution in [-0.2, 0) is 0 Å². The van der Waals surface area contributed by atoms with Gasteiger partial charge in [-0.2, -0.15) is 23.3 Å². The fourth-order valence-electron chi connectivity index (χ4n) is 2.10. The number of alkyl halides is 3. The average molecular weight is 314 g/mol. The molecule has 0 aliphatic carbocycles. The van der Waals surface area contributed by atoms with E-state index in [1.54, 1.807) is 26.8 Å². The molecule has 22 heavy (non-hydrogen) atoms. The molecule has 2 rings (SSSR count). The molecule has 120 valence electrons. The van der Waals surface area contributed by atoms with Gasteiger partial charge in [-0.15, -0.1) is 0 Å². The minimum absolute atomic E-state index is 0.0316. The van der Waals surface area contributed by atoms with Crippen molar-refractivity contribution >= 4 is 11.6 Å². The summed E-state index contributed by atoms with van der Waals surface area (Å²) in [5.41, 5.74) is -3.85. The van der Waals surface area contributed by atoms with E-state index in [0.717, 1.165) is 0 Å². The summed E-state index contributed by atoms with van der Waals surface area (Å²) in [5.74, 6) is -0.986. The lowest BCUT2D eigenvalue weighted by atomic mass is 9.86. The number of rotatable bonds is 1. The molecular formula is C15H17F3N2O2. The highest BCUT2D eigenvalue weighted by atomic mass is 19.4. The average Bonchev–Trinajstić information content (AvgIpc) is 2.78. The molecule has 1 N–H and O–H groups in total. The minimum Gasteiger partial charge on any atom is -0.362 e. The summed E-state index contributed by atoms with van der Waals surface area (Å²) < 4.78 is 39.9. The lowest BCUT2D eigenvalue weighted by molar-refractivity contribution is -0.297. The third-order valence-corrected chi connectivity index (χ3v) is 3.52. The van der Waals surface area contributed by atoms with Crippen LogP contribution in [0.1, 0.15) is 37.6 Å². The zero-order valence-electron chi connectivity index (χ0n) is 12.5. The second-order valence-corrected chi connectivity index (χ2v) is 6.27. The maximum atomic E-state index is 13.3. The van der Waals surface area contributed by atoms with E-state index in [4.69, 9.17) is 0 Å². The molecule has 4 nitrogen and oxygen atoms in total. The molecule has 0 saturated heterocycles. The smallest absolute Gasteiger partial charge is 0.362 e. The Labute approximate surface area is 126 Å². The first-order chi connectivity index (χ1) is 9.97. The Bertz CT molecular complexity index is 605. The number of carbonyl (C=O) groups is 1. The number of hydrogen-bond acceptors (Lipinski definition) is 3. The molecule has 0 spiro atoms. The lowest BCUT2D eigenvalue weighted by Gasteiger charge is -2.32. The third-order valence-electron chi connectivity index (χ3n) is 3.52. The number of nitrogens with zero attached hydrogens (tertiary/aromatic N) is 2. The molecular weight excluding hydrogens is 297 g/mol. The van der Waals surface area contributed by atoms with Gasteiger partial charge in [0, 0.05) is 23.1 Å². The molecule has 7 heteroatoms. The fraction of sp³-hybridized carbons (Fsp3) is 0.467. The van der Waals surface area contributed by atoms with E-state index >= 15 is 0 Å². The van der Waals surface area contributed by atoms with Crippen LogP contribution in [0.25, 0.3) is 0 Å². The summed E-state index contributed by atoms with van der Waals surface area (Å²) in [4.78, 5) is 12.3. The van der Waals surface area contributed by atoms with E-state index in [-0.39, 0.29) is 16.3 Å². The van der Waals surface area contributed by atoms with E-state index in [9.17, 15) is 23.1 Å². The monoisotopic (exact) mass is 314 g/mol. The summed E-state index contributed by atoms with van der Waals surface area (Å²) in [6, 6.07) is 7.46. The van der Waals surface area contributed by atoms with Gasteiger partial charge in [0.1, 0.15) is 0 Å². The van der Waals surface area contributed by atoms with E-state index in [1.165, 1.54) is 24.3 Å². The first kappa shape index (κ1) is 16.5.